The third-order valence-corrected chi connectivity index (χ3v) is 10.4. The van der Waals surface area contributed by atoms with E-state index in [-0.39, 0.29) is 6.17 Å². The van der Waals surface area contributed by atoms with Gasteiger partial charge in [0.25, 0.3) is 0 Å². The van der Waals surface area contributed by atoms with Crippen molar-refractivity contribution in [3.05, 3.63) is 187 Å². The van der Waals surface area contributed by atoms with Gasteiger partial charge in [-0.3, -0.25) is 0 Å². The molecule has 0 amide bonds. The summed E-state index contributed by atoms with van der Waals surface area (Å²) >= 11 is 0. The minimum Gasteiger partial charge on any atom is -0.456 e. The predicted molar refractivity (Wildman–Crippen MR) is 215 cm³/mol. The molecule has 0 saturated carbocycles. The first-order valence-electron chi connectivity index (χ1n) is 17.6. The Morgan fingerprint density at radius 1 is 0.519 bits per heavy atom. The number of fused-ring (bicyclic) bond motifs is 8. The molecular formula is C47H30N4O. The summed E-state index contributed by atoms with van der Waals surface area (Å²) in [7, 11) is 0. The van der Waals surface area contributed by atoms with E-state index in [1.807, 2.05) is 18.2 Å². The second kappa shape index (κ2) is 11.3. The summed E-state index contributed by atoms with van der Waals surface area (Å²) in [6.45, 7) is 0. The van der Waals surface area contributed by atoms with Crippen molar-refractivity contribution in [2.45, 2.75) is 6.17 Å². The van der Waals surface area contributed by atoms with Crippen LogP contribution in [0.3, 0.4) is 0 Å². The topological polar surface area (TPSA) is 54.8 Å². The minimum absolute atomic E-state index is 0.304. The molecule has 0 aliphatic carbocycles. The summed E-state index contributed by atoms with van der Waals surface area (Å²) in [6.07, 6.45) is -0.304. The number of hydrogen-bond acceptors (Lipinski definition) is 4. The number of aromatic nitrogens is 1. The first-order valence-corrected chi connectivity index (χ1v) is 17.6. The van der Waals surface area contributed by atoms with E-state index in [9.17, 15) is 0 Å². The summed E-state index contributed by atoms with van der Waals surface area (Å²) in [5, 5.41) is 12.9. The van der Waals surface area contributed by atoms with Crippen LogP contribution in [0.2, 0.25) is 0 Å². The van der Waals surface area contributed by atoms with E-state index < -0.39 is 0 Å². The lowest BCUT2D eigenvalue weighted by atomic mass is 10.0. The fourth-order valence-electron chi connectivity index (χ4n) is 7.93. The number of rotatable bonds is 4. The maximum absolute atomic E-state index is 6.66. The van der Waals surface area contributed by atoms with Crippen LogP contribution in [0.4, 0.5) is 0 Å². The summed E-state index contributed by atoms with van der Waals surface area (Å²) in [4.78, 5) is 10.4. The van der Waals surface area contributed by atoms with Crippen LogP contribution in [0.15, 0.2) is 184 Å². The molecule has 5 nitrogen and oxygen atoms in total. The second-order valence-electron chi connectivity index (χ2n) is 13.5. The Labute approximate surface area is 298 Å². The van der Waals surface area contributed by atoms with Gasteiger partial charge in [0, 0.05) is 44.4 Å². The average Bonchev–Trinajstić information content (AvgIpc) is 3.74. The van der Waals surface area contributed by atoms with Crippen LogP contribution in [-0.4, -0.2) is 16.2 Å². The molecule has 1 unspecified atom stereocenters. The first-order chi connectivity index (χ1) is 25.7. The molecule has 5 heteroatoms. The van der Waals surface area contributed by atoms with Crippen LogP contribution >= 0.6 is 0 Å². The van der Waals surface area contributed by atoms with Gasteiger partial charge < -0.3 is 14.3 Å². The Morgan fingerprint density at radius 3 is 2.13 bits per heavy atom. The summed E-state index contributed by atoms with van der Waals surface area (Å²) in [6, 6.07) is 59.8. The SMILES string of the molecule is c1ccc(C2N=C(c3cccc4oc5cc(-n6c7ccccc7c7cc8ccccc8cc76)ccc5c34)N=C(c3ccc4ccccc4c3)N2)cc1. The molecule has 0 bridgehead atoms. The van der Waals surface area contributed by atoms with Crippen molar-refractivity contribution in [2.75, 3.05) is 0 Å². The van der Waals surface area contributed by atoms with Crippen molar-refractivity contribution < 1.29 is 4.42 Å². The number of para-hydroxylation sites is 1. The highest BCUT2D eigenvalue weighted by Gasteiger charge is 2.24. The predicted octanol–water partition coefficient (Wildman–Crippen LogP) is 11.5. The van der Waals surface area contributed by atoms with Crippen LogP contribution in [0.1, 0.15) is 22.9 Å². The third kappa shape index (κ3) is 4.49. The van der Waals surface area contributed by atoms with Crippen LogP contribution in [-0.2, 0) is 0 Å². The van der Waals surface area contributed by atoms with Crippen LogP contribution in [0.5, 0.6) is 0 Å². The number of furan rings is 1. The molecule has 2 aromatic heterocycles. The van der Waals surface area contributed by atoms with Gasteiger partial charge in [0.15, 0.2) is 5.84 Å². The van der Waals surface area contributed by atoms with Crippen LogP contribution < -0.4 is 5.32 Å². The molecule has 1 aliphatic rings. The molecular weight excluding hydrogens is 637 g/mol. The van der Waals surface area contributed by atoms with Crippen LogP contribution in [0.25, 0.3) is 71.0 Å². The molecule has 0 spiro atoms. The number of amidine groups is 2. The number of hydrogen-bond donors (Lipinski definition) is 1. The van der Waals surface area contributed by atoms with Gasteiger partial charge in [-0.2, -0.15) is 0 Å². The lowest BCUT2D eigenvalue weighted by molar-refractivity contribution is 0.668. The summed E-state index contributed by atoms with van der Waals surface area (Å²) < 4.78 is 9.01. The van der Waals surface area contributed by atoms with E-state index in [4.69, 9.17) is 14.4 Å². The standard InChI is InChI=1S/C47H30N4O/c1-2-12-30(13-3-1)45-48-46(34-22-21-29-11-4-5-14-31(29)25-34)50-47(49-45)38-18-10-20-42-44(38)37-24-23-35(28-43(37)52-42)51-40-19-9-8-17-36(40)39-26-32-15-6-7-16-33(32)27-41(39)51/h1-28,45H,(H,48,49,50). The maximum atomic E-state index is 6.66. The van der Waals surface area contributed by atoms with Crippen LogP contribution in [0, 0.1) is 0 Å². The van der Waals surface area contributed by atoms with Gasteiger partial charge in [0.05, 0.1) is 11.0 Å². The van der Waals surface area contributed by atoms with Crippen molar-refractivity contribution >= 4 is 77.0 Å². The van der Waals surface area contributed by atoms with Crippen molar-refractivity contribution in [3.63, 3.8) is 0 Å². The molecule has 1 atom stereocenters. The zero-order valence-electron chi connectivity index (χ0n) is 28.0. The maximum Gasteiger partial charge on any atom is 0.160 e. The molecule has 244 valence electrons. The molecule has 8 aromatic carbocycles. The van der Waals surface area contributed by atoms with Gasteiger partial charge in [0.1, 0.15) is 23.2 Å². The quantitative estimate of drug-likeness (QED) is 0.203. The Hall–Kier alpha value is -6.98. The van der Waals surface area contributed by atoms with Gasteiger partial charge in [-0.1, -0.05) is 121 Å². The van der Waals surface area contributed by atoms with E-state index in [0.29, 0.717) is 5.84 Å². The highest BCUT2D eigenvalue weighted by Crippen LogP contribution is 2.38. The van der Waals surface area contributed by atoms with Gasteiger partial charge in [-0.05, 0) is 69.6 Å². The number of nitrogens with zero attached hydrogens (tertiary/aromatic N) is 3. The molecule has 0 fully saturated rings. The Bertz CT molecular complexity index is 3110. The molecule has 0 radical (unpaired) electrons. The molecule has 1 aliphatic heterocycles. The van der Waals surface area contributed by atoms with Crippen molar-refractivity contribution in [2.24, 2.45) is 9.98 Å². The van der Waals surface area contributed by atoms with E-state index in [1.165, 1.54) is 37.8 Å². The lowest BCUT2D eigenvalue weighted by Crippen LogP contribution is -2.33. The van der Waals surface area contributed by atoms with Gasteiger partial charge in [0.2, 0.25) is 0 Å². The monoisotopic (exact) mass is 666 g/mol. The Balaban J connectivity index is 1.09. The fourth-order valence-corrected chi connectivity index (χ4v) is 7.93. The van der Waals surface area contributed by atoms with Gasteiger partial charge in [-0.15, -0.1) is 0 Å². The summed E-state index contributed by atoms with van der Waals surface area (Å²) in [5.74, 6) is 1.46. The molecule has 11 rings (SSSR count). The lowest BCUT2D eigenvalue weighted by Gasteiger charge is -2.24. The van der Waals surface area contributed by atoms with E-state index in [1.54, 1.807) is 0 Å². The van der Waals surface area contributed by atoms with E-state index in [2.05, 4.69) is 162 Å². The zero-order chi connectivity index (χ0) is 34.2. The zero-order valence-corrected chi connectivity index (χ0v) is 28.0. The van der Waals surface area contributed by atoms with Gasteiger partial charge in [-0.25, -0.2) is 9.98 Å². The highest BCUT2D eigenvalue weighted by molar-refractivity contribution is 6.22. The molecule has 52 heavy (non-hydrogen) atoms. The molecule has 10 aromatic rings. The van der Waals surface area contributed by atoms with E-state index >= 15 is 0 Å². The first kappa shape index (κ1) is 28.8. The summed E-state index contributed by atoms with van der Waals surface area (Å²) in [5.41, 5.74) is 8.03. The average molecular weight is 667 g/mol. The molecule has 1 N–H and O–H groups in total. The second-order valence-corrected chi connectivity index (χ2v) is 13.5. The largest absolute Gasteiger partial charge is 0.456 e. The fraction of sp³-hybridized carbons (Fsp3) is 0.0213. The number of aliphatic imine (C=N–C) groups is 2. The molecule has 3 heterocycles. The number of benzene rings is 8. The Morgan fingerprint density at radius 2 is 1.27 bits per heavy atom. The minimum atomic E-state index is -0.304. The Kier molecular flexibility index (Phi) is 6.25. The van der Waals surface area contributed by atoms with Crippen molar-refractivity contribution in [3.8, 4) is 5.69 Å². The number of nitrogens with one attached hydrogen (secondary N) is 1. The smallest absolute Gasteiger partial charge is 0.160 e. The van der Waals surface area contributed by atoms with Gasteiger partial charge >= 0.3 is 0 Å². The van der Waals surface area contributed by atoms with Crippen molar-refractivity contribution in [1.29, 1.82) is 0 Å². The third-order valence-electron chi connectivity index (χ3n) is 10.4. The highest BCUT2D eigenvalue weighted by atomic mass is 16.3. The molecule has 0 saturated heterocycles. The van der Waals surface area contributed by atoms with E-state index in [0.717, 1.165) is 55.7 Å². The van der Waals surface area contributed by atoms with Crippen molar-refractivity contribution in [1.82, 2.24) is 9.88 Å². The normalized spacial score (nSPS) is 14.7.